The number of carbonyl (C=O) groups is 2. The van der Waals surface area contributed by atoms with Crippen molar-refractivity contribution in [2.75, 3.05) is 13.7 Å². The average Bonchev–Trinajstić information content (AvgIpc) is 2.43. The van der Waals surface area contributed by atoms with Crippen molar-refractivity contribution in [1.82, 2.24) is 5.32 Å². The van der Waals surface area contributed by atoms with Crippen molar-refractivity contribution >= 4 is 11.9 Å². The molecule has 0 aliphatic carbocycles. The number of benzene rings is 1. The first-order chi connectivity index (χ1) is 9.00. The molecular weight excluding hydrogens is 246 g/mol. The molecule has 1 rings (SSSR count). The van der Waals surface area contributed by atoms with E-state index in [9.17, 15) is 9.59 Å². The number of ether oxygens (including phenoxy) is 1. The zero-order valence-corrected chi connectivity index (χ0v) is 11.2. The molecule has 19 heavy (non-hydrogen) atoms. The molecule has 5 heteroatoms. The Kier molecular flexibility index (Phi) is 5.51. The average molecular weight is 265 g/mol. The molecule has 0 spiro atoms. The van der Waals surface area contributed by atoms with Crippen LogP contribution in [0.1, 0.15) is 25.3 Å². The lowest BCUT2D eigenvalue weighted by atomic mass is 9.94. The number of amides is 1. The van der Waals surface area contributed by atoms with E-state index in [0.717, 1.165) is 5.56 Å². The van der Waals surface area contributed by atoms with E-state index in [4.69, 9.17) is 9.84 Å². The van der Waals surface area contributed by atoms with Crippen LogP contribution >= 0.6 is 0 Å². The first-order valence-electron chi connectivity index (χ1n) is 6.11. The van der Waals surface area contributed by atoms with Gasteiger partial charge in [0.05, 0.1) is 0 Å². The van der Waals surface area contributed by atoms with E-state index in [0.29, 0.717) is 13.0 Å². The molecule has 0 fully saturated rings. The summed E-state index contributed by atoms with van der Waals surface area (Å²) < 4.78 is 5.34. The highest BCUT2D eigenvalue weighted by molar-refractivity contribution is 5.86. The maximum atomic E-state index is 12.2. The largest absolute Gasteiger partial charge is 0.481 e. The Labute approximate surface area is 112 Å². The van der Waals surface area contributed by atoms with Crippen molar-refractivity contribution in [3.63, 3.8) is 0 Å². The molecule has 0 heterocycles. The molecule has 0 aliphatic heterocycles. The minimum Gasteiger partial charge on any atom is -0.481 e. The van der Waals surface area contributed by atoms with Crippen LogP contribution in [0.5, 0.6) is 0 Å². The highest BCUT2D eigenvalue weighted by Gasteiger charge is 2.34. The second kappa shape index (κ2) is 6.89. The van der Waals surface area contributed by atoms with Gasteiger partial charge in [-0.2, -0.15) is 0 Å². The van der Waals surface area contributed by atoms with E-state index < -0.39 is 11.6 Å². The van der Waals surface area contributed by atoms with Crippen LogP contribution in [0.4, 0.5) is 0 Å². The summed E-state index contributed by atoms with van der Waals surface area (Å²) in [7, 11) is 1.48. The van der Waals surface area contributed by atoms with Gasteiger partial charge in [0.15, 0.2) is 5.60 Å². The molecule has 104 valence electrons. The molecular formula is C14H19NO4. The molecule has 1 aromatic carbocycles. The molecule has 0 saturated carbocycles. The molecule has 0 aliphatic rings. The van der Waals surface area contributed by atoms with Crippen LogP contribution in [0, 0.1) is 0 Å². The standard InChI is InChI=1S/C14H19NO4/c1-14(19-2,11-7-4-3-5-8-11)13(18)15-10-6-9-12(16)17/h3-5,7-8H,6,9-10H2,1-2H3,(H,15,18)(H,16,17). The summed E-state index contributed by atoms with van der Waals surface area (Å²) in [6.45, 7) is 2.01. The van der Waals surface area contributed by atoms with Crippen molar-refractivity contribution in [2.24, 2.45) is 0 Å². The third-order valence-corrected chi connectivity index (χ3v) is 3.02. The first-order valence-corrected chi connectivity index (χ1v) is 6.11. The molecule has 0 saturated heterocycles. The molecule has 0 aromatic heterocycles. The van der Waals surface area contributed by atoms with E-state index in [1.54, 1.807) is 6.92 Å². The fraction of sp³-hybridized carbons (Fsp3) is 0.429. The van der Waals surface area contributed by atoms with Gasteiger partial charge in [0.2, 0.25) is 0 Å². The normalized spacial score (nSPS) is 13.6. The highest BCUT2D eigenvalue weighted by atomic mass is 16.5. The van der Waals surface area contributed by atoms with E-state index in [1.807, 2.05) is 30.3 Å². The van der Waals surface area contributed by atoms with Gasteiger partial charge in [-0.3, -0.25) is 9.59 Å². The summed E-state index contributed by atoms with van der Waals surface area (Å²) in [6, 6.07) is 9.18. The Bertz CT molecular complexity index is 432. The molecule has 1 amide bonds. The maximum absolute atomic E-state index is 12.2. The van der Waals surface area contributed by atoms with Crippen LogP contribution in [0.3, 0.4) is 0 Å². The quantitative estimate of drug-likeness (QED) is 0.733. The fourth-order valence-corrected chi connectivity index (χ4v) is 1.71. The summed E-state index contributed by atoms with van der Waals surface area (Å²) in [6.07, 6.45) is 0.435. The number of hydrogen-bond acceptors (Lipinski definition) is 3. The van der Waals surface area contributed by atoms with Crippen molar-refractivity contribution in [3.8, 4) is 0 Å². The van der Waals surface area contributed by atoms with Gasteiger partial charge in [0, 0.05) is 20.1 Å². The molecule has 0 bridgehead atoms. The van der Waals surface area contributed by atoms with Crippen molar-refractivity contribution in [2.45, 2.75) is 25.4 Å². The predicted molar refractivity (Wildman–Crippen MR) is 70.7 cm³/mol. The topological polar surface area (TPSA) is 75.6 Å². The Hall–Kier alpha value is -1.88. The predicted octanol–water partition coefficient (Wildman–Crippen LogP) is 1.53. The number of methoxy groups -OCH3 is 1. The summed E-state index contributed by atoms with van der Waals surface area (Å²) in [5.41, 5.74) is -0.307. The number of carboxylic acid groups (broad SMARTS) is 1. The van der Waals surface area contributed by atoms with Crippen LogP contribution in [-0.2, 0) is 19.9 Å². The summed E-state index contributed by atoms with van der Waals surface area (Å²) in [4.78, 5) is 22.5. The van der Waals surface area contributed by atoms with Gasteiger partial charge in [-0.05, 0) is 18.9 Å². The molecule has 1 atom stereocenters. The maximum Gasteiger partial charge on any atom is 0.303 e. The Morgan fingerprint density at radius 3 is 2.47 bits per heavy atom. The van der Waals surface area contributed by atoms with Gasteiger partial charge in [0.25, 0.3) is 5.91 Å². The van der Waals surface area contributed by atoms with Gasteiger partial charge in [-0.1, -0.05) is 30.3 Å². The Morgan fingerprint density at radius 1 is 1.32 bits per heavy atom. The number of rotatable bonds is 7. The van der Waals surface area contributed by atoms with Crippen LogP contribution < -0.4 is 5.32 Å². The van der Waals surface area contributed by atoms with E-state index >= 15 is 0 Å². The van der Waals surface area contributed by atoms with Gasteiger partial charge in [-0.15, -0.1) is 0 Å². The summed E-state index contributed by atoms with van der Waals surface area (Å²) in [5, 5.41) is 11.2. The van der Waals surface area contributed by atoms with E-state index in [2.05, 4.69) is 5.32 Å². The van der Waals surface area contributed by atoms with Gasteiger partial charge < -0.3 is 15.2 Å². The molecule has 1 aromatic rings. The zero-order valence-electron chi connectivity index (χ0n) is 11.2. The Balaban J connectivity index is 2.64. The minimum absolute atomic E-state index is 0.0370. The lowest BCUT2D eigenvalue weighted by Gasteiger charge is -2.27. The number of aliphatic carboxylic acids is 1. The second-order valence-electron chi connectivity index (χ2n) is 4.36. The number of hydrogen-bond donors (Lipinski definition) is 2. The summed E-state index contributed by atoms with van der Waals surface area (Å²) in [5.74, 6) is -1.14. The molecule has 1 unspecified atom stereocenters. The van der Waals surface area contributed by atoms with Crippen molar-refractivity contribution in [1.29, 1.82) is 0 Å². The third-order valence-electron chi connectivity index (χ3n) is 3.02. The van der Waals surface area contributed by atoms with E-state index in [-0.39, 0.29) is 12.3 Å². The van der Waals surface area contributed by atoms with Gasteiger partial charge in [-0.25, -0.2) is 0 Å². The number of carbonyl (C=O) groups excluding carboxylic acids is 1. The van der Waals surface area contributed by atoms with Crippen molar-refractivity contribution in [3.05, 3.63) is 35.9 Å². The zero-order chi connectivity index (χ0) is 14.3. The molecule has 5 nitrogen and oxygen atoms in total. The number of nitrogens with one attached hydrogen (secondary N) is 1. The minimum atomic E-state index is -1.06. The second-order valence-corrected chi connectivity index (χ2v) is 4.36. The number of carboxylic acids is 1. The van der Waals surface area contributed by atoms with Crippen LogP contribution in [0.15, 0.2) is 30.3 Å². The van der Waals surface area contributed by atoms with Crippen LogP contribution in [-0.4, -0.2) is 30.6 Å². The highest BCUT2D eigenvalue weighted by Crippen LogP contribution is 2.24. The van der Waals surface area contributed by atoms with E-state index in [1.165, 1.54) is 7.11 Å². The summed E-state index contributed by atoms with van der Waals surface area (Å²) >= 11 is 0. The smallest absolute Gasteiger partial charge is 0.303 e. The van der Waals surface area contributed by atoms with Crippen molar-refractivity contribution < 1.29 is 19.4 Å². The first kappa shape index (κ1) is 15.2. The molecule has 0 radical (unpaired) electrons. The van der Waals surface area contributed by atoms with Crippen LogP contribution in [0.2, 0.25) is 0 Å². The Morgan fingerprint density at radius 2 is 1.95 bits per heavy atom. The fourth-order valence-electron chi connectivity index (χ4n) is 1.71. The monoisotopic (exact) mass is 265 g/mol. The lowest BCUT2D eigenvalue weighted by Crippen LogP contribution is -2.44. The van der Waals surface area contributed by atoms with Gasteiger partial charge >= 0.3 is 5.97 Å². The van der Waals surface area contributed by atoms with Crippen LogP contribution in [0.25, 0.3) is 0 Å². The third kappa shape index (κ3) is 4.06. The molecule has 2 N–H and O–H groups in total. The lowest BCUT2D eigenvalue weighted by molar-refractivity contribution is -0.143. The van der Waals surface area contributed by atoms with Gasteiger partial charge in [0.1, 0.15) is 0 Å². The SMILES string of the molecule is COC(C)(C(=O)NCCCC(=O)O)c1ccccc1.